The quantitative estimate of drug-likeness (QED) is 0.339. The highest BCUT2D eigenvalue weighted by Crippen LogP contribution is 2.26. The van der Waals surface area contributed by atoms with E-state index in [9.17, 15) is 22.8 Å². The third-order valence-corrected chi connectivity index (χ3v) is 7.66. The van der Waals surface area contributed by atoms with Crippen LogP contribution in [-0.4, -0.2) is 48.0 Å². The largest absolute Gasteiger partial charge is 0.480 e. The number of carbonyl (C=O) groups excluding carboxylic acids is 1. The van der Waals surface area contributed by atoms with Gasteiger partial charge in [-0.05, 0) is 30.3 Å². The van der Waals surface area contributed by atoms with Gasteiger partial charge in [-0.2, -0.15) is 9.55 Å². The molecule has 0 atom stereocenters. The van der Waals surface area contributed by atoms with Crippen molar-refractivity contribution in [3.8, 4) is 11.8 Å². The van der Waals surface area contributed by atoms with E-state index in [-0.39, 0.29) is 31.3 Å². The van der Waals surface area contributed by atoms with Crippen LogP contribution in [0.4, 0.5) is 5.69 Å². The van der Waals surface area contributed by atoms with Crippen molar-refractivity contribution in [2.24, 2.45) is 0 Å². The number of amides is 1. The molecule has 0 saturated heterocycles. The Kier molecular flexibility index (Phi) is 6.12. The molecule has 0 bridgehead atoms. The number of ether oxygens (including phenoxy) is 1. The molecule has 3 aromatic heterocycles. The number of fused-ring (bicyclic) bond motifs is 1. The minimum atomic E-state index is -4.21. The maximum absolute atomic E-state index is 12.9. The fourth-order valence-corrected chi connectivity index (χ4v) is 5.45. The summed E-state index contributed by atoms with van der Waals surface area (Å²) in [5.41, 5.74) is -0.852. The van der Waals surface area contributed by atoms with E-state index in [1.807, 2.05) is 4.72 Å². The van der Waals surface area contributed by atoms with Crippen LogP contribution in [0.1, 0.15) is 10.4 Å². The fraction of sp³-hybridized carbons (Fsp3) is 0.105. The molecular formula is C19H15ClN6O6S2. The summed E-state index contributed by atoms with van der Waals surface area (Å²) in [5, 5.41) is 3.10. The van der Waals surface area contributed by atoms with Crippen LogP contribution in [0.15, 0.2) is 50.3 Å². The lowest BCUT2D eigenvalue weighted by Crippen LogP contribution is -2.35. The molecule has 3 N–H and O–H groups in total. The second-order valence-corrected chi connectivity index (χ2v) is 10.3. The SMILES string of the molecule is CNc1ccc2c(=O)n(-c3ncc(C(=O)NS(=O)(=O)c4ccc(Cl)s4)c(OC)n3)c(=O)[nH]c2c1. The highest BCUT2D eigenvalue weighted by atomic mass is 35.5. The third-order valence-electron chi connectivity index (χ3n) is 4.61. The van der Waals surface area contributed by atoms with Crippen molar-refractivity contribution in [3.05, 3.63) is 67.3 Å². The van der Waals surface area contributed by atoms with Gasteiger partial charge in [0.25, 0.3) is 21.5 Å². The number of carbonyl (C=O) groups is 1. The molecule has 0 spiro atoms. The summed E-state index contributed by atoms with van der Waals surface area (Å²) in [6.45, 7) is 0. The summed E-state index contributed by atoms with van der Waals surface area (Å²) in [4.78, 5) is 48.6. The monoisotopic (exact) mass is 522 g/mol. The van der Waals surface area contributed by atoms with Crippen LogP contribution in [0.3, 0.4) is 0 Å². The lowest BCUT2D eigenvalue weighted by molar-refractivity contribution is 0.0977. The number of aromatic amines is 1. The second kappa shape index (κ2) is 8.89. The zero-order valence-electron chi connectivity index (χ0n) is 17.4. The lowest BCUT2D eigenvalue weighted by Gasteiger charge is -2.10. The van der Waals surface area contributed by atoms with Gasteiger partial charge in [0.2, 0.25) is 11.8 Å². The summed E-state index contributed by atoms with van der Waals surface area (Å²) in [5.74, 6) is -1.79. The van der Waals surface area contributed by atoms with Crippen molar-refractivity contribution in [1.29, 1.82) is 0 Å². The Morgan fingerprint density at radius 1 is 1.24 bits per heavy atom. The molecule has 12 nitrogen and oxygen atoms in total. The molecule has 0 aliphatic heterocycles. The number of aromatic nitrogens is 4. The normalized spacial score (nSPS) is 11.4. The zero-order chi connectivity index (χ0) is 24.6. The number of nitrogens with zero attached hydrogens (tertiary/aromatic N) is 3. The lowest BCUT2D eigenvalue weighted by atomic mass is 10.2. The fourth-order valence-electron chi connectivity index (χ4n) is 3.00. The summed E-state index contributed by atoms with van der Waals surface area (Å²) in [6, 6.07) is 7.40. The predicted octanol–water partition coefficient (Wildman–Crippen LogP) is 1.35. The summed E-state index contributed by atoms with van der Waals surface area (Å²) >= 11 is 6.53. The highest BCUT2D eigenvalue weighted by molar-refractivity contribution is 7.92. The van der Waals surface area contributed by atoms with Gasteiger partial charge in [0, 0.05) is 18.9 Å². The summed E-state index contributed by atoms with van der Waals surface area (Å²) < 4.78 is 32.5. The molecule has 4 rings (SSSR count). The Balaban J connectivity index is 1.74. The molecule has 0 fully saturated rings. The van der Waals surface area contributed by atoms with Gasteiger partial charge in [0.1, 0.15) is 9.77 Å². The first kappa shape index (κ1) is 23.4. The minimum absolute atomic E-state index is 0.168. The van der Waals surface area contributed by atoms with Crippen molar-refractivity contribution in [2.45, 2.75) is 4.21 Å². The number of hydrogen-bond donors (Lipinski definition) is 3. The van der Waals surface area contributed by atoms with Crippen LogP contribution < -0.4 is 26.0 Å². The van der Waals surface area contributed by atoms with E-state index in [0.29, 0.717) is 15.8 Å². The van der Waals surface area contributed by atoms with E-state index in [1.54, 1.807) is 19.2 Å². The zero-order valence-corrected chi connectivity index (χ0v) is 19.8. The number of benzene rings is 1. The molecule has 1 amide bonds. The van der Waals surface area contributed by atoms with Gasteiger partial charge in [-0.25, -0.2) is 22.9 Å². The van der Waals surface area contributed by atoms with E-state index in [0.717, 1.165) is 17.5 Å². The number of thiophene rings is 1. The molecular weight excluding hydrogens is 508 g/mol. The first-order chi connectivity index (χ1) is 16.1. The summed E-state index contributed by atoms with van der Waals surface area (Å²) in [6.07, 6.45) is 0.952. The molecule has 0 radical (unpaired) electrons. The smallest absolute Gasteiger partial charge is 0.335 e. The van der Waals surface area contributed by atoms with E-state index in [4.69, 9.17) is 16.3 Å². The molecule has 4 aromatic rings. The minimum Gasteiger partial charge on any atom is -0.480 e. The number of H-pyrrole nitrogens is 1. The van der Waals surface area contributed by atoms with E-state index in [1.165, 1.54) is 25.3 Å². The number of rotatable bonds is 6. The average molecular weight is 523 g/mol. The van der Waals surface area contributed by atoms with Crippen LogP contribution in [0.25, 0.3) is 16.9 Å². The first-order valence-electron chi connectivity index (χ1n) is 9.35. The van der Waals surface area contributed by atoms with E-state index in [2.05, 4.69) is 20.3 Å². The van der Waals surface area contributed by atoms with Gasteiger partial charge in [0.05, 0.1) is 22.3 Å². The Bertz CT molecular complexity index is 1660. The van der Waals surface area contributed by atoms with Gasteiger partial charge in [-0.1, -0.05) is 11.6 Å². The molecule has 0 unspecified atom stereocenters. The molecule has 15 heteroatoms. The average Bonchev–Trinajstić information content (AvgIpc) is 3.25. The van der Waals surface area contributed by atoms with Crippen molar-refractivity contribution in [3.63, 3.8) is 0 Å². The topological polar surface area (TPSA) is 165 Å². The van der Waals surface area contributed by atoms with Crippen LogP contribution in [0.2, 0.25) is 4.34 Å². The van der Waals surface area contributed by atoms with Crippen molar-refractivity contribution in [1.82, 2.24) is 24.2 Å². The number of hydrogen-bond acceptors (Lipinski definition) is 10. The number of sulfonamides is 1. The van der Waals surface area contributed by atoms with E-state index >= 15 is 0 Å². The Hall–Kier alpha value is -3.75. The standard InChI is InChI=1S/C19H15ClN6O6S2/c1-21-9-3-4-10-12(7-9)23-19(29)26(17(10)28)18-22-8-11(16(24-18)32-2)15(27)25-34(30,31)14-6-5-13(20)33-14/h3-8,21H,1-2H3,(H,23,29)(H,25,27). The van der Waals surface area contributed by atoms with Crippen molar-refractivity contribution >= 4 is 55.5 Å². The molecule has 1 aromatic carbocycles. The van der Waals surface area contributed by atoms with Gasteiger partial charge >= 0.3 is 5.69 Å². The van der Waals surface area contributed by atoms with Gasteiger partial charge < -0.3 is 15.0 Å². The van der Waals surface area contributed by atoms with Crippen LogP contribution >= 0.6 is 22.9 Å². The Morgan fingerprint density at radius 2 is 2.00 bits per heavy atom. The van der Waals surface area contributed by atoms with Crippen molar-refractivity contribution < 1.29 is 17.9 Å². The maximum Gasteiger partial charge on any atom is 0.335 e. The molecule has 0 saturated carbocycles. The van der Waals surface area contributed by atoms with Gasteiger partial charge in [-0.15, -0.1) is 11.3 Å². The number of halogens is 1. The molecule has 176 valence electrons. The van der Waals surface area contributed by atoms with Crippen LogP contribution in [0.5, 0.6) is 5.88 Å². The van der Waals surface area contributed by atoms with Crippen LogP contribution in [-0.2, 0) is 10.0 Å². The van der Waals surface area contributed by atoms with Gasteiger partial charge in [-0.3, -0.25) is 9.59 Å². The highest BCUT2D eigenvalue weighted by Gasteiger charge is 2.25. The number of nitrogens with one attached hydrogen (secondary N) is 3. The van der Waals surface area contributed by atoms with E-state index < -0.39 is 27.2 Å². The number of anilines is 1. The van der Waals surface area contributed by atoms with Gasteiger partial charge in [0.15, 0.2) is 0 Å². The maximum atomic E-state index is 12.9. The molecule has 0 aliphatic carbocycles. The summed E-state index contributed by atoms with van der Waals surface area (Å²) in [7, 11) is -1.33. The van der Waals surface area contributed by atoms with Crippen molar-refractivity contribution in [2.75, 3.05) is 19.5 Å². The Labute approximate surface area is 200 Å². The van der Waals surface area contributed by atoms with Crippen LogP contribution in [0, 0.1) is 0 Å². The Morgan fingerprint density at radius 3 is 2.65 bits per heavy atom. The molecule has 34 heavy (non-hydrogen) atoms. The molecule has 0 aliphatic rings. The first-order valence-corrected chi connectivity index (χ1v) is 12.0. The third kappa shape index (κ3) is 4.25. The second-order valence-electron chi connectivity index (χ2n) is 6.67. The molecule has 3 heterocycles. The predicted molar refractivity (Wildman–Crippen MR) is 126 cm³/mol. The number of methoxy groups -OCH3 is 1.